The third-order valence-corrected chi connectivity index (χ3v) is 7.16. The quantitative estimate of drug-likeness (QED) is 0.375. The Morgan fingerprint density at radius 2 is 1.84 bits per heavy atom. The van der Waals surface area contributed by atoms with Gasteiger partial charge in [0.25, 0.3) is 0 Å². The van der Waals surface area contributed by atoms with Crippen molar-refractivity contribution in [3.8, 4) is 11.5 Å². The van der Waals surface area contributed by atoms with Gasteiger partial charge >= 0.3 is 11.9 Å². The van der Waals surface area contributed by atoms with Gasteiger partial charge < -0.3 is 39.9 Å². The van der Waals surface area contributed by atoms with Gasteiger partial charge in [-0.1, -0.05) is 18.2 Å². The topological polar surface area (TPSA) is 157 Å². The fraction of sp³-hybridized carbons (Fsp3) is 0.545. The van der Waals surface area contributed by atoms with Crippen molar-refractivity contribution in [1.29, 1.82) is 0 Å². The lowest BCUT2D eigenvalue weighted by atomic mass is 9.53. The summed E-state index contributed by atoms with van der Waals surface area (Å²) in [5, 5.41) is 43.1. The molecule has 1 saturated heterocycles. The van der Waals surface area contributed by atoms with E-state index in [1.54, 1.807) is 7.11 Å². The Kier molecular flexibility index (Phi) is 5.66. The van der Waals surface area contributed by atoms with E-state index in [0.29, 0.717) is 12.0 Å². The molecule has 1 spiro atoms. The molecule has 2 aliphatic heterocycles. The molecule has 1 aromatic carbocycles. The predicted octanol–water partition coefficient (Wildman–Crippen LogP) is -0.621. The van der Waals surface area contributed by atoms with Gasteiger partial charge in [0.1, 0.15) is 12.2 Å². The summed E-state index contributed by atoms with van der Waals surface area (Å²) in [6.07, 6.45) is 1.00. The standard InChI is InChI=1S/C18H21NO3.C4H6O6/c1-19-8-7-18-11-4-5-13(20)17(18)22-16-14(21-2)6-3-10(15(16)18)9-12(11)19;5-1(3(7)8)2(6)4(9)10/h3-6,11-13,17,20H,7-9H2,1-2H3;1-2,5-6H,(H,7,8)(H,9,10)/t11-,12+,13+,17-,18-;1-,2-/m01/s1. The van der Waals surface area contributed by atoms with E-state index in [4.69, 9.17) is 29.9 Å². The molecular formula is C22H27NO9. The second-order valence-corrected chi connectivity index (χ2v) is 8.68. The van der Waals surface area contributed by atoms with Crippen LogP contribution >= 0.6 is 0 Å². The average Bonchev–Trinajstić information content (AvgIpc) is 3.12. The maximum absolute atomic E-state index is 10.6. The molecule has 32 heavy (non-hydrogen) atoms. The number of carboxylic acid groups (broad SMARTS) is 2. The first kappa shape index (κ1) is 22.5. The van der Waals surface area contributed by atoms with Crippen molar-refractivity contribution >= 4 is 11.9 Å². The predicted molar refractivity (Wildman–Crippen MR) is 110 cm³/mol. The second kappa shape index (κ2) is 8.04. The summed E-state index contributed by atoms with van der Waals surface area (Å²) >= 11 is 0. The Bertz CT molecular complexity index is 945. The fourth-order valence-electron chi connectivity index (χ4n) is 5.66. The number of methoxy groups -OCH3 is 1. The SMILES string of the molecule is COc1ccc2c3c1O[C@H]1[C@H](O)C=C[C@H]4[C@@H](C2)N(C)CC[C@@]341.O=C(O)[C@H](O)[C@@H](O)C(=O)O. The number of benzene rings is 1. The summed E-state index contributed by atoms with van der Waals surface area (Å²) in [4.78, 5) is 22.0. The lowest BCUT2D eigenvalue weighted by Gasteiger charge is -2.56. The second-order valence-electron chi connectivity index (χ2n) is 8.68. The Morgan fingerprint density at radius 3 is 2.44 bits per heavy atom. The first-order valence-electron chi connectivity index (χ1n) is 10.4. The van der Waals surface area contributed by atoms with Crippen molar-refractivity contribution in [2.24, 2.45) is 5.92 Å². The number of aliphatic carboxylic acids is 2. The molecule has 1 fully saturated rings. The number of aliphatic hydroxyl groups excluding tert-OH is 3. The molecule has 2 aliphatic carbocycles. The van der Waals surface area contributed by atoms with E-state index in [0.717, 1.165) is 30.9 Å². The Hall–Kier alpha value is -2.66. The van der Waals surface area contributed by atoms with Crippen molar-refractivity contribution in [3.63, 3.8) is 0 Å². The molecule has 7 atom stereocenters. The number of piperidine rings is 1. The number of carboxylic acids is 2. The highest BCUT2D eigenvalue weighted by molar-refractivity contribution is 5.83. The minimum Gasteiger partial charge on any atom is -0.493 e. The van der Waals surface area contributed by atoms with Gasteiger partial charge in [-0.15, -0.1) is 0 Å². The first-order valence-corrected chi connectivity index (χ1v) is 10.4. The number of carbonyl (C=O) groups is 2. The molecule has 2 heterocycles. The molecule has 0 radical (unpaired) electrons. The van der Waals surface area contributed by atoms with Crippen molar-refractivity contribution in [3.05, 3.63) is 35.4 Å². The van der Waals surface area contributed by atoms with E-state index in [2.05, 4.69) is 24.1 Å². The summed E-state index contributed by atoms with van der Waals surface area (Å²) in [6.45, 7) is 1.05. The zero-order chi connectivity index (χ0) is 23.4. The van der Waals surface area contributed by atoms with Gasteiger partial charge in [0.2, 0.25) is 0 Å². The van der Waals surface area contributed by atoms with E-state index < -0.39 is 30.3 Å². The molecule has 10 nitrogen and oxygen atoms in total. The zero-order valence-corrected chi connectivity index (χ0v) is 17.7. The Morgan fingerprint density at radius 1 is 1.19 bits per heavy atom. The smallest absolute Gasteiger partial charge is 0.335 e. The molecular weight excluding hydrogens is 422 g/mol. The minimum atomic E-state index is -2.27. The van der Waals surface area contributed by atoms with Crippen molar-refractivity contribution in [1.82, 2.24) is 4.90 Å². The minimum absolute atomic E-state index is 0.0806. The number of hydrogen-bond acceptors (Lipinski definition) is 8. The van der Waals surface area contributed by atoms with Gasteiger partial charge in [-0.2, -0.15) is 0 Å². The number of nitrogens with zero attached hydrogens (tertiary/aromatic N) is 1. The Labute approximate surface area is 184 Å². The highest BCUT2D eigenvalue weighted by atomic mass is 16.5. The van der Waals surface area contributed by atoms with E-state index >= 15 is 0 Å². The van der Waals surface area contributed by atoms with Crippen LogP contribution in [0.3, 0.4) is 0 Å². The lowest BCUT2D eigenvalue weighted by molar-refractivity contribution is -0.165. The largest absolute Gasteiger partial charge is 0.493 e. The van der Waals surface area contributed by atoms with Crippen LogP contribution in [0.2, 0.25) is 0 Å². The van der Waals surface area contributed by atoms with Crippen LogP contribution in [0.4, 0.5) is 0 Å². The van der Waals surface area contributed by atoms with Crippen LogP contribution < -0.4 is 9.47 Å². The van der Waals surface area contributed by atoms with Crippen LogP contribution in [-0.4, -0.2) is 93.5 Å². The van der Waals surface area contributed by atoms with Crippen LogP contribution in [0, 0.1) is 5.92 Å². The summed E-state index contributed by atoms with van der Waals surface area (Å²) in [5.41, 5.74) is 2.60. The number of likely N-dealkylation sites (tertiary alicyclic amines) is 1. The lowest BCUT2D eigenvalue weighted by Crippen LogP contribution is -2.64. The van der Waals surface area contributed by atoms with E-state index in [-0.39, 0.29) is 11.5 Å². The fourth-order valence-corrected chi connectivity index (χ4v) is 5.66. The summed E-state index contributed by atoms with van der Waals surface area (Å²) in [7, 11) is 3.91. The third-order valence-electron chi connectivity index (χ3n) is 7.16. The van der Waals surface area contributed by atoms with Gasteiger partial charge in [0.15, 0.2) is 23.7 Å². The van der Waals surface area contributed by atoms with Gasteiger partial charge in [-0.25, -0.2) is 9.59 Å². The summed E-state index contributed by atoms with van der Waals surface area (Å²) in [6, 6.07) is 4.70. The van der Waals surface area contributed by atoms with E-state index in [1.165, 1.54) is 11.1 Å². The molecule has 0 saturated carbocycles. The maximum Gasteiger partial charge on any atom is 0.335 e. The number of likely N-dealkylation sites (N-methyl/N-ethyl adjacent to an activating group) is 1. The highest BCUT2D eigenvalue weighted by Gasteiger charge is 2.64. The first-order chi connectivity index (χ1) is 15.1. The molecule has 1 aromatic rings. The summed E-state index contributed by atoms with van der Waals surface area (Å²) < 4.78 is 11.8. The molecule has 5 N–H and O–H groups in total. The molecule has 0 unspecified atom stereocenters. The third kappa shape index (κ3) is 3.17. The molecule has 0 amide bonds. The highest BCUT2D eigenvalue weighted by Crippen LogP contribution is 2.62. The van der Waals surface area contributed by atoms with Crippen LogP contribution in [0.15, 0.2) is 24.3 Å². The van der Waals surface area contributed by atoms with Crippen LogP contribution in [0.25, 0.3) is 0 Å². The van der Waals surface area contributed by atoms with Crippen molar-refractivity contribution in [2.75, 3.05) is 20.7 Å². The zero-order valence-electron chi connectivity index (χ0n) is 17.7. The maximum atomic E-state index is 10.6. The summed E-state index contributed by atoms with van der Waals surface area (Å²) in [5.74, 6) is -1.45. The van der Waals surface area contributed by atoms with Crippen LogP contribution in [0.5, 0.6) is 11.5 Å². The Balaban J connectivity index is 0.000000211. The molecule has 0 aromatic heterocycles. The molecule has 10 heteroatoms. The normalized spacial score (nSPS) is 33.2. The van der Waals surface area contributed by atoms with Gasteiger partial charge in [0, 0.05) is 22.9 Å². The van der Waals surface area contributed by atoms with Crippen LogP contribution in [0.1, 0.15) is 17.5 Å². The van der Waals surface area contributed by atoms with Crippen molar-refractivity contribution < 1.29 is 44.6 Å². The van der Waals surface area contributed by atoms with Gasteiger partial charge in [-0.3, -0.25) is 0 Å². The van der Waals surface area contributed by atoms with E-state index in [9.17, 15) is 14.7 Å². The number of ether oxygens (including phenoxy) is 2. The number of rotatable bonds is 4. The van der Waals surface area contributed by atoms with E-state index in [1.807, 2.05) is 12.1 Å². The monoisotopic (exact) mass is 449 g/mol. The van der Waals surface area contributed by atoms with Gasteiger partial charge in [-0.05, 0) is 38.1 Å². The molecule has 4 aliphatic rings. The van der Waals surface area contributed by atoms with Crippen molar-refractivity contribution in [2.45, 2.75) is 48.7 Å². The molecule has 174 valence electrons. The van der Waals surface area contributed by atoms with Crippen LogP contribution in [-0.2, 0) is 21.4 Å². The average molecular weight is 449 g/mol. The molecule has 5 rings (SSSR count). The van der Waals surface area contributed by atoms with Gasteiger partial charge in [0.05, 0.1) is 7.11 Å². The number of hydrogen-bond donors (Lipinski definition) is 5. The molecule has 2 bridgehead atoms. The number of aliphatic hydroxyl groups is 3.